The van der Waals surface area contributed by atoms with E-state index in [4.69, 9.17) is 0 Å². The molecule has 0 spiro atoms. The number of halogens is 4. The van der Waals surface area contributed by atoms with E-state index < -0.39 is 55.9 Å². The largest absolute Gasteiger partial charge is 0.392 e. The second-order valence-electron chi connectivity index (χ2n) is 6.87. The van der Waals surface area contributed by atoms with Gasteiger partial charge in [0.05, 0.1) is 6.10 Å². The molecule has 2 N–H and O–H groups in total. The summed E-state index contributed by atoms with van der Waals surface area (Å²) in [5, 5.41) is 12.0. The van der Waals surface area contributed by atoms with Crippen LogP contribution in [0.2, 0.25) is 0 Å². The van der Waals surface area contributed by atoms with Gasteiger partial charge in [0.2, 0.25) is 10.0 Å². The van der Waals surface area contributed by atoms with Crippen LogP contribution in [0.5, 0.6) is 0 Å². The molecule has 162 valence electrons. The molecule has 11 heteroatoms. The molecule has 1 aliphatic rings. The number of aliphatic hydroxyl groups excluding tert-OH is 1. The molecule has 1 atom stereocenters. The highest BCUT2D eigenvalue weighted by Gasteiger charge is 2.31. The summed E-state index contributed by atoms with van der Waals surface area (Å²) < 4.78 is 80.7. The van der Waals surface area contributed by atoms with Gasteiger partial charge >= 0.3 is 0 Å². The van der Waals surface area contributed by atoms with Crippen molar-refractivity contribution in [1.29, 1.82) is 0 Å². The van der Waals surface area contributed by atoms with Gasteiger partial charge in [0.25, 0.3) is 5.91 Å². The van der Waals surface area contributed by atoms with Crippen LogP contribution in [0.1, 0.15) is 29.6 Å². The summed E-state index contributed by atoms with van der Waals surface area (Å²) in [7, 11) is -4.35. The molecule has 1 fully saturated rings. The number of nitrogens with one attached hydrogen (secondary N) is 1. The quantitative estimate of drug-likeness (QED) is 0.559. The number of carbonyl (C=O) groups excluding carboxylic acids is 1. The molecule has 1 heterocycles. The zero-order valence-corrected chi connectivity index (χ0v) is 16.4. The lowest BCUT2D eigenvalue weighted by Crippen LogP contribution is -2.36. The van der Waals surface area contributed by atoms with Crippen molar-refractivity contribution in [2.75, 3.05) is 18.4 Å². The summed E-state index contributed by atoms with van der Waals surface area (Å²) in [6.45, 7) is -0.115. The first-order valence-electron chi connectivity index (χ1n) is 9.03. The lowest BCUT2D eigenvalue weighted by atomic mass is 10.2. The Hall–Kier alpha value is -2.50. The first-order chi connectivity index (χ1) is 14.1. The molecule has 2 aromatic rings. The van der Waals surface area contributed by atoms with Crippen LogP contribution in [-0.2, 0) is 10.0 Å². The molecule has 30 heavy (non-hydrogen) atoms. The van der Waals surface area contributed by atoms with Crippen LogP contribution in [0.15, 0.2) is 35.2 Å². The fourth-order valence-electron chi connectivity index (χ4n) is 3.12. The zero-order chi connectivity index (χ0) is 22.1. The van der Waals surface area contributed by atoms with E-state index in [9.17, 15) is 35.9 Å². The van der Waals surface area contributed by atoms with Gasteiger partial charge in [0.1, 0.15) is 10.7 Å². The number of carbonyl (C=O) groups is 1. The molecule has 0 aliphatic carbocycles. The van der Waals surface area contributed by atoms with Gasteiger partial charge in [-0.3, -0.25) is 4.79 Å². The minimum absolute atomic E-state index is 0.0867. The summed E-state index contributed by atoms with van der Waals surface area (Å²) in [6, 6.07) is 3.68. The number of sulfonamides is 1. The monoisotopic (exact) mass is 446 g/mol. The number of β-amino-alcohol motifs (C(OH)–C–C–N with tert-alkyl or cyclic N) is 1. The molecule has 0 saturated carbocycles. The Morgan fingerprint density at radius 1 is 1.03 bits per heavy atom. The number of nitrogens with zero attached hydrogens (tertiary/aromatic N) is 1. The van der Waals surface area contributed by atoms with Crippen LogP contribution < -0.4 is 5.32 Å². The molecular weight excluding hydrogens is 428 g/mol. The highest BCUT2D eigenvalue weighted by Crippen LogP contribution is 2.25. The Kier molecular flexibility index (Phi) is 6.44. The summed E-state index contributed by atoms with van der Waals surface area (Å²) in [6.07, 6.45) is 0.629. The molecule has 0 radical (unpaired) electrons. The Bertz CT molecular complexity index is 1060. The second-order valence-corrected chi connectivity index (χ2v) is 8.77. The van der Waals surface area contributed by atoms with Gasteiger partial charge < -0.3 is 10.4 Å². The van der Waals surface area contributed by atoms with Crippen LogP contribution in [0.4, 0.5) is 23.2 Å². The van der Waals surface area contributed by atoms with Crippen LogP contribution in [0, 0.1) is 23.3 Å². The highest BCUT2D eigenvalue weighted by atomic mass is 32.2. The number of hydrogen-bond donors (Lipinski definition) is 2. The third-order valence-electron chi connectivity index (χ3n) is 4.66. The van der Waals surface area contributed by atoms with E-state index in [1.165, 1.54) is 0 Å². The van der Waals surface area contributed by atoms with Crippen molar-refractivity contribution in [3.05, 3.63) is 59.2 Å². The zero-order valence-electron chi connectivity index (χ0n) is 15.5. The topological polar surface area (TPSA) is 86.7 Å². The Morgan fingerprint density at radius 2 is 1.70 bits per heavy atom. The number of anilines is 1. The molecule has 1 unspecified atom stereocenters. The predicted molar refractivity (Wildman–Crippen MR) is 99.3 cm³/mol. The van der Waals surface area contributed by atoms with E-state index in [-0.39, 0.29) is 18.7 Å². The van der Waals surface area contributed by atoms with Crippen molar-refractivity contribution in [3.63, 3.8) is 0 Å². The van der Waals surface area contributed by atoms with E-state index in [2.05, 4.69) is 5.32 Å². The fourth-order valence-corrected chi connectivity index (χ4v) is 4.72. The summed E-state index contributed by atoms with van der Waals surface area (Å²) >= 11 is 0. The maximum Gasteiger partial charge on any atom is 0.255 e. The summed E-state index contributed by atoms with van der Waals surface area (Å²) in [5.74, 6) is -6.82. The fraction of sp³-hybridized carbons (Fsp3) is 0.316. The first-order valence-corrected chi connectivity index (χ1v) is 10.5. The van der Waals surface area contributed by atoms with Gasteiger partial charge in [0.15, 0.2) is 17.5 Å². The molecular formula is C19H18F4N2O4S. The Labute approximate surface area is 170 Å². The normalized spacial score (nSPS) is 18.1. The number of hydrogen-bond acceptors (Lipinski definition) is 4. The van der Waals surface area contributed by atoms with Crippen LogP contribution in [-0.4, -0.2) is 42.9 Å². The van der Waals surface area contributed by atoms with Crippen molar-refractivity contribution >= 4 is 21.6 Å². The van der Waals surface area contributed by atoms with Crippen molar-refractivity contribution in [2.45, 2.75) is 30.3 Å². The molecule has 0 bridgehead atoms. The number of rotatable bonds is 4. The van der Waals surface area contributed by atoms with Gasteiger partial charge in [-0.05, 0) is 37.5 Å². The van der Waals surface area contributed by atoms with Gasteiger partial charge in [-0.1, -0.05) is 0 Å². The van der Waals surface area contributed by atoms with Crippen molar-refractivity contribution in [2.24, 2.45) is 0 Å². The predicted octanol–water partition coefficient (Wildman–Crippen LogP) is 3.03. The lowest BCUT2D eigenvalue weighted by molar-refractivity contribution is 0.102. The standard InChI is InChI=1S/C19H18F4N2O4S/c20-14-5-4-11(19(27)24-12-8-15(21)18(23)16(22)9-12)7-17(14)30(28,29)25-6-2-1-3-13(26)10-25/h4-5,7-9,13,26H,1-3,6,10H2,(H,24,27). The smallest absolute Gasteiger partial charge is 0.255 e. The van der Waals surface area contributed by atoms with E-state index in [1.807, 2.05) is 0 Å². The van der Waals surface area contributed by atoms with Crippen molar-refractivity contribution in [1.82, 2.24) is 4.31 Å². The molecule has 6 nitrogen and oxygen atoms in total. The van der Waals surface area contributed by atoms with Gasteiger partial charge in [-0.2, -0.15) is 4.31 Å². The third kappa shape index (κ3) is 4.63. The number of benzene rings is 2. The van der Waals surface area contributed by atoms with Gasteiger partial charge in [0, 0.05) is 36.5 Å². The SMILES string of the molecule is O=C(Nc1cc(F)c(F)c(F)c1)c1ccc(F)c(S(=O)(=O)N2CCCCC(O)C2)c1. The van der Waals surface area contributed by atoms with E-state index in [1.54, 1.807) is 0 Å². The van der Waals surface area contributed by atoms with E-state index in [0.29, 0.717) is 31.4 Å². The van der Waals surface area contributed by atoms with Crippen molar-refractivity contribution in [3.8, 4) is 0 Å². The highest BCUT2D eigenvalue weighted by molar-refractivity contribution is 7.89. The number of amides is 1. The van der Waals surface area contributed by atoms with Crippen molar-refractivity contribution < 1.29 is 35.9 Å². The molecule has 0 aromatic heterocycles. The average Bonchev–Trinajstić information content (AvgIpc) is 2.91. The molecule has 1 amide bonds. The minimum Gasteiger partial charge on any atom is -0.392 e. The molecule has 1 aliphatic heterocycles. The van der Waals surface area contributed by atoms with Gasteiger partial charge in [-0.25, -0.2) is 26.0 Å². The van der Waals surface area contributed by atoms with E-state index >= 15 is 0 Å². The Balaban J connectivity index is 1.90. The molecule has 1 saturated heterocycles. The maximum absolute atomic E-state index is 14.3. The molecule has 2 aromatic carbocycles. The second kappa shape index (κ2) is 8.70. The van der Waals surface area contributed by atoms with Crippen LogP contribution >= 0.6 is 0 Å². The van der Waals surface area contributed by atoms with E-state index in [0.717, 1.165) is 22.5 Å². The number of aliphatic hydroxyl groups is 1. The minimum atomic E-state index is -4.35. The first kappa shape index (κ1) is 22.2. The lowest BCUT2D eigenvalue weighted by Gasteiger charge is -2.22. The average molecular weight is 446 g/mol. The summed E-state index contributed by atoms with van der Waals surface area (Å²) in [5.41, 5.74) is -0.698. The van der Waals surface area contributed by atoms with Gasteiger partial charge in [-0.15, -0.1) is 0 Å². The van der Waals surface area contributed by atoms with Crippen LogP contribution in [0.25, 0.3) is 0 Å². The third-order valence-corrected chi connectivity index (χ3v) is 6.54. The summed E-state index contributed by atoms with van der Waals surface area (Å²) in [4.78, 5) is 11.6. The molecule has 3 rings (SSSR count). The maximum atomic E-state index is 14.3. The van der Waals surface area contributed by atoms with Crippen LogP contribution in [0.3, 0.4) is 0 Å². The Morgan fingerprint density at radius 3 is 2.37 bits per heavy atom.